The number of piperidine rings is 2. The van der Waals surface area contributed by atoms with Gasteiger partial charge in [-0.1, -0.05) is 12.8 Å². The minimum absolute atomic E-state index is 0.298. The van der Waals surface area contributed by atoms with E-state index in [1.165, 1.54) is 31.9 Å². The predicted molar refractivity (Wildman–Crippen MR) is 120 cm³/mol. The number of nitrogens with one attached hydrogen (secondary N) is 1. The molecule has 3 saturated heterocycles. The zero-order valence-electron chi connectivity index (χ0n) is 18.2. The van der Waals surface area contributed by atoms with Crippen LogP contribution in [0.25, 0.3) is 0 Å². The van der Waals surface area contributed by atoms with Crippen LogP contribution < -0.4 is 10.2 Å². The van der Waals surface area contributed by atoms with Crippen molar-refractivity contribution in [1.82, 2.24) is 19.2 Å². The van der Waals surface area contributed by atoms with E-state index in [0.717, 1.165) is 57.7 Å². The summed E-state index contributed by atoms with van der Waals surface area (Å²) in [6.45, 7) is 5.38. The lowest BCUT2D eigenvalue weighted by molar-refractivity contribution is 0.108. The Balaban J connectivity index is 1.36. The molecule has 9 heteroatoms. The Labute approximate surface area is 181 Å². The Morgan fingerprint density at radius 1 is 0.967 bits per heavy atom. The molecule has 1 N–H and O–H groups in total. The van der Waals surface area contributed by atoms with Gasteiger partial charge in [-0.25, -0.2) is 17.7 Å². The number of aromatic nitrogens is 2. The summed E-state index contributed by atoms with van der Waals surface area (Å²) in [6.07, 6.45) is 12.5. The quantitative estimate of drug-likeness (QED) is 0.757. The molecule has 1 unspecified atom stereocenters. The van der Waals surface area contributed by atoms with Crippen molar-refractivity contribution in [3.05, 3.63) is 12.3 Å². The second kappa shape index (κ2) is 9.78. The van der Waals surface area contributed by atoms with Crippen molar-refractivity contribution in [2.24, 2.45) is 0 Å². The number of sulfonamides is 1. The van der Waals surface area contributed by atoms with Crippen LogP contribution in [0.5, 0.6) is 0 Å². The predicted octanol–water partition coefficient (Wildman–Crippen LogP) is 2.16. The Bertz CT molecular complexity index is 796. The van der Waals surface area contributed by atoms with Crippen LogP contribution in [0, 0.1) is 0 Å². The minimum atomic E-state index is -3.11. The van der Waals surface area contributed by atoms with Gasteiger partial charge in [-0.15, -0.1) is 0 Å². The van der Waals surface area contributed by atoms with Crippen LogP contribution in [0.3, 0.4) is 0 Å². The molecule has 3 fully saturated rings. The summed E-state index contributed by atoms with van der Waals surface area (Å²) in [6, 6.07) is 2.63. The molecule has 0 aromatic carbocycles. The maximum atomic E-state index is 12.0. The summed E-state index contributed by atoms with van der Waals surface area (Å²) in [7, 11) is -3.11. The Morgan fingerprint density at radius 2 is 1.73 bits per heavy atom. The van der Waals surface area contributed by atoms with E-state index < -0.39 is 10.0 Å². The summed E-state index contributed by atoms with van der Waals surface area (Å²) in [5, 5.41) is 3.56. The van der Waals surface area contributed by atoms with Gasteiger partial charge in [0.15, 0.2) is 0 Å². The van der Waals surface area contributed by atoms with E-state index in [2.05, 4.69) is 20.1 Å². The second-order valence-electron chi connectivity index (χ2n) is 9.04. The van der Waals surface area contributed by atoms with Crippen molar-refractivity contribution in [3.8, 4) is 0 Å². The summed E-state index contributed by atoms with van der Waals surface area (Å²) >= 11 is 0. The molecule has 8 nitrogen and oxygen atoms in total. The zero-order valence-corrected chi connectivity index (χ0v) is 19.0. The molecule has 0 aliphatic carbocycles. The first kappa shape index (κ1) is 21.8. The summed E-state index contributed by atoms with van der Waals surface area (Å²) in [5.41, 5.74) is 0. The van der Waals surface area contributed by atoms with Crippen LogP contribution in [0.15, 0.2) is 12.3 Å². The highest BCUT2D eigenvalue weighted by atomic mass is 32.2. The SMILES string of the molecule is CS(=O)(=O)N1CCCC(N2CCC[C@H](Nc3nccc(N4CCCCCC4)n3)C2)C1. The second-order valence-corrected chi connectivity index (χ2v) is 11.0. The number of rotatable bonds is 5. The van der Waals surface area contributed by atoms with Crippen LogP contribution in [0.4, 0.5) is 11.8 Å². The monoisotopic (exact) mass is 436 g/mol. The molecule has 168 valence electrons. The third-order valence-corrected chi connectivity index (χ3v) is 7.97. The third kappa shape index (κ3) is 5.62. The minimum Gasteiger partial charge on any atom is -0.356 e. The smallest absolute Gasteiger partial charge is 0.224 e. The molecule has 2 atom stereocenters. The topological polar surface area (TPSA) is 81.7 Å². The molecule has 3 aliphatic rings. The number of likely N-dealkylation sites (tertiary alicyclic amines) is 1. The Kier molecular flexibility index (Phi) is 7.10. The molecule has 0 saturated carbocycles. The van der Waals surface area contributed by atoms with Gasteiger partial charge in [-0.2, -0.15) is 4.98 Å². The first-order valence-corrected chi connectivity index (χ1v) is 13.4. The number of hydrogen-bond acceptors (Lipinski definition) is 7. The lowest BCUT2D eigenvalue weighted by Gasteiger charge is -2.42. The Hall–Kier alpha value is -1.45. The van der Waals surface area contributed by atoms with Crippen LogP contribution in [-0.2, 0) is 10.0 Å². The average Bonchev–Trinajstić information content (AvgIpc) is 3.03. The first-order chi connectivity index (χ1) is 14.5. The summed E-state index contributed by atoms with van der Waals surface area (Å²) < 4.78 is 25.6. The lowest BCUT2D eigenvalue weighted by atomic mass is 9.99. The molecule has 1 aromatic rings. The number of nitrogens with zero attached hydrogens (tertiary/aromatic N) is 5. The van der Waals surface area contributed by atoms with Gasteiger partial charge >= 0.3 is 0 Å². The van der Waals surface area contributed by atoms with Crippen molar-refractivity contribution in [2.75, 3.05) is 55.7 Å². The fourth-order valence-electron chi connectivity index (χ4n) is 5.05. The number of anilines is 2. The third-order valence-electron chi connectivity index (χ3n) is 6.70. The zero-order chi connectivity index (χ0) is 21.0. The number of hydrogen-bond donors (Lipinski definition) is 1. The molecule has 0 spiro atoms. The van der Waals surface area contributed by atoms with E-state index in [1.54, 1.807) is 4.31 Å². The van der Waals surface area contributed by atoms with Gasteiger partial charge in [0.2, 0.25) is 16.0 Å². The summed E-state index contributed by atoms with van der Waals surface area (Å²) in [4.78, 5) is 14.1. The molecule has 4 rings (SSSR count). The lowest BCUT2D eigenvalue weighted by Crippen LogP contribution is -2.54. The van der Waals surface area contributed by atoms with Gasteiger partial charge in [0.25, 0.3) is 0 Å². The standard InChI is InChI=1S/C21H36N6O2S/c1-30(28,29)27-15-7-9-19(17-27)26-14-6-8-18(16-26)23-21-22-11-10-20(24-21)25-12-4-2-3-5-13-25/h10-11,18-19H,2-9,12-17H2,1H3,(H,22,23,24)/t18-,19?/m0/s1. The maximum Gasteiger partial charge on any atom is 0.224 e. The molecular weight excluding hydrogens is 400 g/mol. The molecule has 3 aliphatic heterocycles. The first-order valence-electron chi connectivity index (χ1n) is 11.5. The van der Waals surface area contributed by atoms with E-state index in [4.69, 9.17) is 4.98 Å². The van der Waals surface area contributed by atoms with E-state index in [9.17, 15) is 8.42 Å². The highest BCUT2D eigenvalue weighted by Gasteiger charge is 2.32. The van der Waals surface area contributed by atoms with Crippen molar-refractivity contribution < 1.29 is 8.42 Å². The highest BCUT2D eigenvalue weighted by molar-refractivity contribution is 7.88. The van der Waals surface area contributed by atoms with E-state index in [0.29, 0.717) is 31.1 Å². The van der Waals surface area contributed by atoms with Crippen LogP contribution in [-0.4, -0.2) is 85.2 Å². The van der Waals surface area contributed by atoms with Crippen molar-refractivity contribution in [1.29, 1.82) is 0 Å². The van der Waals surface area contributed by atoms with Crippen LogP contribution in [0.1, 0.15) is 51.4 Å². The highest BCUT2D eigenvalue weighted by Crippen LogP contribution is 2.24. The van der Waals surface area contributed by atoms with E-state index in [-0.39, 0.29) is 0 Å². The average molecular weight is 437 g/mol. The normalized spacial score (nSPS) is 27.6. The van der Waals surface area contributed by atoms with Crippen LogP contribution >= 0.6 is 0 Å². The van der Waals surface area contributed by atoms with Gasteiger partial charge in [0, 0.05) is 51.0 Å². The fourth-order valence-corrected chi connectivity index (χ4v) is 5.96. The van der Waals surface area contributed by atoms with Crippen molar-refractivity contribution in [3.63, 3.8) is 0 Å². The Morgan fingerprint density at radius 3 is 2.50 bits per heavy atom. The van der Waals surface area contributed by atoms with Crippen molar-refractivity contribution in [2.45, 2.75) is 63.5 Å². The molecule has 0 bridgehead atoms. The van der Waals surface area contributed by atoms with Crippen LogP contribution in [0.2, 0.25) is 0 Å². The van der Waals surface area contributed by atoms with E-state index in [1.807, 2.05) is 12.3 Å². The molecule has 1 aromatic heterocycles. The molecule has 4 heterocycles. The largest absolute Gasteiger partial charge is 0.356 e. The molecule has 0 radical (unpaired) electrons. The van der Waals surface area contributed by atoms with Gasteiger partial charge in [-0.05, 0) is 51.1 Å². The molecular formula is C21H36N6O2S. The molecule has 30 heavy (non-hydrogen) atoms. The molecule has 0 amide bonds. The maximum absolute atomic E-state index is 12.0. The van der Waals surface area contributed by atoms with Gasteiger partial charge in [-0.3, -0.25) is 4.90 Å². The van der Waals surface area contributed by atoms with Crippen molar-refractivity contribution >= 4 is 21.8 Å². The summed E-state index contributed by atoms with van der Waals surface area (Å²) in [5.74, 6) is 1.74. The van der Waals surface area contributed by atoms with Gasteiger partial charge < -0.3 is 10.2 Å². The fraction of sp³-hybridized carbons (Fsp3) is 0.810. The van der Waals surface area contributed by atoms with Gasteiger partial charge in [0.05, 0.1) is 6.26 Å². The van der Waals surface area contributed by atoms with E-state index >= 15 is 0 Å². The van der Waals surface area contributed by atoms with Gasteiger partial charge in [0.1, 0.15) is 5.82 Å².